The normalized spacial score (nSPS) is 19.7. The number of esters is 1. The first-order chi connectivity index (χ1) is 11.2. The van der Waals surface area contributed by atoms with E-state index in [0.29, 0.717) is 17.3 Å². The Kier molecular flexibility index (Phi) is 3.32. The number of hydrogen-bond acceptors (Lipinski definition) is 5. The van der Waals surface area contributed by atoms with Gasteiger partial charge in [-0.1, -0.05) is 6.07 Å². The van der Waals surface area contributed by atoms with E-state index in [9.17, 15) is 9.35 Å². The molecule has 23 heavy (non-hydrogen) atoms. The molecule has 3 aromatic rings. The molecule has 2 atom stereocenters. The minimum Gasteiger partial charge on any atom is -0.608 e. The minimum absolute atomic E-state index is 0.218. The second-order valence-electron chi connectivity index (χ2n) is 5.24. The van der Waals surface area contributed by atoms with Crippen LogP contribution in [-0.4, -0.2) is 32.2 Å². The molecule has 1 aromatic carbocycles. The lowest BCUT2D eigenvalue weighted by molar-refractivity contribution is 0.0601. The highest BCUT2D eigenvalue weighted by Crippen LogP contribution is 2.38. The monoisotopic (exact) mass is 327 g/mol. The maximum absolute atomic E-state index is 12.7. The van der Waals surface area contributed by atoms with Crippen molar-refractivity contribution in [3.05, 3.63) is 53.9 Å². The predicted molar refractivity (Wildman–Crippen MR) is 84.5 cm³/mol. The van der Waals surface area contributed by atoms with Crippen molar-refractivity contribution in [3.8, 4) is 0 Å². The van der Waals surface area contributed by atoms with E-state index in [2.05, 4.69) is 9.97 Å². The van der Waals surface area contributed by atoms with Crippen LogP contribution in [-0.2, 0) is 22.5 Å². The average Bonchev–Trinajstić information content (AvgIpc) is 3.11. The fourth-order valence-electron chi connectivity index (χ4n) is 2.81. The molecule has 0 N–H and O–H groups in total. The molecule has 116 valence electrons. The highest BCUT2D eigenvalue weighted by molar-refractivity contribution is 7.91. The number of hydrogen-bond donors (Lipinski definition) is 0. The molecule has 0 spiro atoms. The van der Waals surface area contributed by atoms with Crippen LogP contribution in [0.2, 0.25) is 0 Å². The largest absolute Gasteiger partial charge is 0.608 e. The number of benzene rings is 1. The second-order valence-corrected chi connectivity index (χ2v) is 6.77. The Hall–Kier alpha value is -2.38. The molecular weight excluding hydrogens is 314 g/mol. The third kappa shape index (κ3) is 2.20. The van der Waals surface area contributed by atoms with Crippen molar-refractivity contribution in [1.82, 2.24) is 14.5 Å². The maximum Gasteiger partial charge on any atom is 0.337 e. The number of ether oxygens (including phenoxy) is 1. The molecule has 0 radical (unpaired) electrons. The SMILES string of the molecule is COC(=O)c1ccc2nc3n(c2c1)CC(c1ccccn1)[S+]3[O-]. The summed E-state index contributed by atoms with van der Waals surface area (Å²) >= 11 is -1.27. The highest BCUT2D eigenvalue weighted by Gasteiger charge is 2.40. The molecule has 3 heterocycles. The predicted octanol–water partition coefficient (Wildman–Crippen LogP) is 2.08. The molecule has 1 aliphatic heterocycles. The van der Waals surface area contributed by atoms with Crippen LogP contribution in [0.4, 0.5) is 0 Å². The number of imidazole rings is 1. The molecule has 0 saturated heterocycles. The summed E-state index contributed by atoms with van der Waals surface area (Å²) in [5.74, 6) is -0.400. The number of methoxy groups -OCH3 is 1. The Morgan fingerprint density at radius 1 is 1.39 bits per heavy atom. The summed E-state index contributed by atoms with van der Waals surface area (Å²) in [7, 11) is 1.35. The zero-order valence-electron chi connectivity index (χ0n) is 12.3. The molecule has 2 unspecified atom stereocenters. The lowest BCUT2D eigenvalue weighted by Crippen LogP contribution is -2.11. The van der Waals surface area contributed by atoms with Gasteiger partial charge in [0.15, 0.2) is 5.25 Å². The Bertz CT molecular complexity index is 894. The van der Waals surface area contributed by atoms with Crippen LogP contribution in [0, 0.1) is 0 Å². The molecule has 0 saturated carbocycles. The van der Waals surface area contributed by atoms with E-state index in [1.807, 2.05) is 22.8 Å². The van der Waals surface area contributed by atoms with Gasteiger partial charge in [-0.25, -0.2) is 4.79 Å². The first-order valence-electron chi connectivity index (χ1n) is 7.09. The first kappa shape index (κ1) is 14.2. The van der Waals surface area contributed by atoms with Gasteiger partial charge in [-0.3, -0.25) is 9.55 Å². The Morgan fingerprint density at radius 3 is 3.00 bits per heavy atom. The summed E-state index contributed by atoms with van der Waals surface area (Å²) in [6.07, 6.45) is 1.70. The van der Waals surface area contributed by atoms with Crippen LogP contribution in [0.1, 0.15) is 21.3 Å². The second kappa shape index (κ2) is 5.36. The van der Waals surface area contributed by atoms with Crippen LogP contribution in [0.25, 0.3) is 11.0 Å². The summed E-state index contributed by atoms with van der Waals surface area (Å²) < 4.78 is 19.4. The number of carbonyl (C=O) groups excluding carboxylic acids is 1. The summed E-state index contributed by atoms with van der Waals surface area (Å²) in [6, 6.07) is 10.7. The van der Waals surface area contributed by atoms with Crippen molar-refractivity contribution in [2.45, 2.75) is 17.0 Å². The van der Waals surface area contributed by atoms with Gasteiger partial charge in [0.2, 0.25) is 0 Å². The Balaban J connectivity index is 1.79. The van der Waals surface area contributed by atoms with E-state index < -0.39 is 17.1 Å². The van der Waals surface area contributed by atoms with Crippen LogP contribution in [0.5, 0.6) is 0 Å². The number of pyridine rings is 1. The van der Waals surface area contributed by atoms with Crippen molar-refractivity contribution < 1.29 is 14.1 Å². The standard InChI is InChI=1S/C16H13N3O3S/c1-22-15(20)10-5-6-11-13(8-10)19-9-14(23(21)16(19)18-11)12-4-2-3-7-17-12/h2-8,14H,9H2,1H3. The van der Waals surface area contributed by atoms with Gasteiger partial charge in [-0.2, -0.15) is 4.98 Å². The summed E-state index contributed by atoms with van der Waals surface area (Å²) in [5.41, 5.74) is 2.75. The van der Waals surface area contributed by atoms with E-state index in [1.54, 1.807) is 24.4 Å². The van der Waals surface area contributed by atoms with E-state index in [4.69, 9.17) is 4.74 Å². The number of carbonyl (C=O) groups is 1. The van der Waals surface area contributed by atoms with Crippen molar-refractivity contribution in [2.75, 3.05) is 7.11 Å². The molecule has 4 rings (SSSR count). The fourth-order valence-corrected chi connectivity index (χ4v) is 4.28. The smallest absolute Gasteiger partial charge is 0.337 e. The summed E-state index contributed by atoms with van der Waals surface area (Å²) in [4.78, 5) is 20.5. The van der Waals surface area contributed by atoms with Crippen LogP contribution >= 0.6 is 0 Å². The van der Waals surface area contributed by atoms with Crippen LogP contribution in [0.3, 0.4) is 0 Å². The number of fused-ring (bicyclic) bond motifs is 3. The van der Waals surface area contributed by atoms with E-state index in [-0.39, 0.29) is 5.25 Å². The van der Waals surface area contributed by atoms with Gasteiger partial charge in [-0.15, -0.1) is 0 Å². The van der Waals surface area contributed by atoms with Gasteiger partial charge in [0.1, 0.15) is 0 Å². The molecule has 7 heteroatoms. The molecule has 0 amide bonds. The first-order valence-corrected chi connectivity index (χ1v) is 8.30. The number of rotatable bonds is 2. The topological polar surface area (TPSA) is 80.1 Å². The van der Waals surface area contributed by atoms with Gasteiger partial charge in [0.05, 0.1) is 35.9 Å². The highest BCUT2D eigenvalue weighted by atomic mass is 32.2. The third-order valence-electron chi connectivity index (χ3n) is 3.94. The Morgan fingerprint density at radius 2 is 2.26 bits per heavy atom. The molecular formula is C16H13N3O3S. The van der Waals surface area contributed by atoms with Crippen molar-refractivity contribution in [3.63, 3.8) is 0 Å². The van der Waals surface area contributed by atoms with Gasteiger partial charge in [-0.05, 0) is 30.3 Å². The number of nitrogens with zero attached hydrogens (tertiary/aromatic N) is 3. The van der Waals surface area contributed by atoms with Crippen molar-refractivity contribution >= 4 is 28.2 Å². The van der Waals surface area contributed by atoms with Gasteiger partial charge >= 0.3 is 11.1 Å². The Labute approximate surface area is 135 Å². The molecule has 0 bridgehead atoms. The third-order valence-corrected chi connectivity index (χ3v) is 5.52. The van der Waals surface area contributed by atoms with E-state index >= 15 is 0 Å². The molecule has 0 fully saturated rings. The van der Waals surface area contributed by atoms with Crippen LogP contribution in [0.15, 0.2) is 47.8 Å². The summed E-state index contributed by atoms with van der Waals surface area (Å²) in [6.45, 7) is 0.528. The van der Waals surface area contributed by atoms with E-state index in [0.717, 1.165) is 16.7 Å². The fraction of sp³-hybridized carbons (Fsp3) is 0.188. The van der Waals surface area contributed by atoms with Crippen molar-refractivity contribution in [2.24, 2.45) is 0 Å². The maximum atomic E-state index is 12.7. The van der Waals surface area contributed by atoms with Gasteiger partial charge < -0.3 is 9.29 Å². The summed E-state index contributed by atoms with van der Waals surface area (Å²) in [5, 5.41) is 0.308. The molecule has 2 aromatic heterocycles. The average molecular weight is 327 g/mol. The molecule has 1 aliphatic rings. The van der Waals surface area contributed by atoms with Crippen LogP contribution < -0.4 is 0 Å². The lowest BCUT2D eigenvalue weighted by Gasteiger charge is -2.10. The zero-order chi connectivity index (χ0) is 16.0. The van der Waals surface area contributed by atoms with E-state index in [1.165, 1.54) is 7.11 Å². The number of aromatic nitrogens is 3. The lowest BCUT2D eigenvalue weighted by atomic mass is 10.2. The van der Waals surface area contributed by atoms with Gasteiger partial charge in [0, 0.05) is 17.4 Å². The van der Waals surface area contributed by atoms with Crippen molar-refractivity contribution in [1.29, 1.82) is 0 Å². The molecule has 6 nitrogen and oxygen atoms in total. The van der Waals surface area contributed by atoms with Gasteiger partial charge in [0.25, 0.3) is 0 Å². The quantitative estimate of drug-likeness (QED) is 0.532. The molecule has 0 aliphatic carbocycles. The minimum atomic E-state index is -1.27. The zero-order valence-corrected chi connectivity index (χ0v) is 13.1.